The summed E-state index contributed by atoms with van der Waals surface area (Å²) in [5.74, 6) is 1.51. The molecule has 7 heteroatoms. The molecule has 0 spiro atoms. The molecule has 1 fully saturated rings. The second kappa shape index (κ2) is 7.33. The van der Waals surface area contributed by atoms with Gasteiger partial charge < -0.3 is 24.3 Å². The van der Waals surface area contributed by atoms with Crippen LogP contribution in [0.4, 0.5) is 0 Å². The minimum atomic E-state index is -0.148. The molecule has 0 radical (unpaired) electrons. The summed E-state index contributed by atoms with van der Waals surface area (Å²) in [4.78, 5) is 17.6. The molecule has 1 aliphatic heterocycles. The quantitative estimate of drug-likeness (QED) is 0.823. The number of aliphatic hydroxyl groups excluding tert-OH is 1. The molecule has 2 aromatic rings. The first-order chi connectivity index (χ1) is 12.1. The summed E-state index contributed by atoms with van der Waals surface area (Å²) in [7, 11) is 4.65. The number of likely N-dealkylation sites (tertiary alicyclic amines) is 1. The van der Waals surface area contributed by atoms with E-state index in [2.05, 4.69) is 9.88 Å². The van der Waals surface area contributed by atoms with Crippen LogP contribution >= 0.6 is 0 Å². The number of aromatic amines is 1. The van der Waals surface area contributed by atoms with Gasteiger partial charge in [0.05, 0.1) is 33.5 Å². The molecule has 1 saturated heterocycles. The van der Waals surface area contributed by atoms with Gasteiger partial charge in [0.2, 0.25) is 5.75 Å². The fourth-order valence-electron chi connectivity index (χ4n) is 3.51. The normalized spacial score (nSPS) is 17.8. The van der Waals surface area contributed by atoms with Crippen molar-refractivity contribution in [2.75, 3.05) is 34.5 Å². The molecule has 0 saturated carbocycles. The number of fused-ring (bicyclic) bond motifs is 1. The highest BCUT2D eigenvalue weighted by Crippen LogP contribution is 2.42. The maximum absolute atomic E-state index is 12.5. The number of nitrogens with zero attached hydrogens (tertiary/aromatic N) is 1. The fraction of sp³-hybridized carbons (Fsp3) is 0.500. The number of H-pyrrole nitrogens is 1. The maximum atomic E-state index is 12.5. The van der Waals surface area contributed by atoms with Crippen LogP contribution in [-0.2, 0) is 6.54 Å². The van der Waals surface area contributed by atoms with Gasteiger partial charge in [-0.25, -0.2) is 0 Å². The zero-order chi connectivity index (χ0) is 18.0. The number of nitrogens with one attached hydrogen (secondary N) is 1. The van der Waals surface area contributed by atoms with Gasteiger partial charge in [-0.15, -0.1) is 0 Å². The van der Waals surface area contributed by atoms with Crippen molar-refractivity contribution in [3.63, 3.8) is 0 Å². The largest absolute Gasteiger partial charge is 0.493 e. The Bertz CT molecular complexity index is 817. The van der Waals surface area contributed by atoms with Gasteiger partial charge in [-0.3, -0.25) is 9.69 Å². The van der Waals surface area contributed by atoms with Crippen molar-refractivity contribution in [2.45, 2.75) is 25.4 Å². The van der Waals surface area contributed by atoms with Gasteiger partial charge in [0, 0.05) is 29.6 Å². The third kappa shape index (κ3) is 3.17. The van der Waals surface area contributed by atoms with Crippen LogP contribution in [0.5, 0.6) is 17.2 Å². The minimum Gasteiger partial charge on any atom is -0.493 e. The van der Waals surface area contributed by atoms with Gasteiger partial charge in [0.1, 0.15) is 0 Å². The third-order valence-electron chi connectivity index (χ3n) is 4.81. The Kier molecular flexibility index (Phi) is 5.15. The second-order valence-electron chi connectivity index (χ2n) is 6.18. The maximum Gasteiger partial charge on any atom is 0.252 e. The number of aromatic nitrogens is 1. The topological polar surface area (TPSA) is 84.0 Å². The van der Waals surface area contributed by atoms with Crippen molar-refractivity contribution in [3.8, 4) is 17.2 Å². The molecule has 0 aliphatic carbocycles. The van der Waals surface area contributed by atoms with Crippen LogP contribution in [0.1, 0.15) is 18.4 Å². The van der Waals surface area contributed by atoms with Crippen LogP contribution in [0.2, 0.25) is 0 Å². The SMILES string of the molecule is COc1cc2[nH]c(=O)c(CN3CCC[C@H]3CO)cc2c(OC)c1OC. The Morgan fingerprint density at radius 2 is 1.96 bits per heavy atom. The van der Waals surface area contributed by atoms with Gasteiger partial charge in [0.25, 0.3) is 5.56 Å². The van der Waals surface area contributed by atoms with Crippen molar-refractivity contribution in [1.82, 2.24) is 9.88 Å². The predicted octanol–water partition coefficient (Wildman–Crippen LogP) is 1.51. The van der Waals surface area contributed by atoms with E-state index >= 15 is 0 Å². The molecule has 2 heterocycles. The second-order valence-corrected chi connectivity index (χ2v) is 6.18. The summed E-state index contributed by atoms with van der Waals surface area (Å²) in [5, 5.41) is 10.2. The van der Waals surface area contributed by atoms with E-state index in [0.717, 1.165) is 24.8 Å². The third-order valence-corrected chi connectivity index (χ3v) is 4.81. The molecule has 1 aromatic carbocycles. The fourth-order valence-corrected chi connectivity index (χ4v) is 3.51. The van der Waals surface area contributed by atoms with E-state index in [1.54, 1.807) is 20.3 Å². The molecule has 136 valence electrons. The molecule has 1 aromatic heterocycles. The Labute approximate surface area is 146 Å². The van der Waals surface area contributed by atoms with Crippen LogP contribution in [-0.4, -0.2) is 55.5 Å². The first-order valence-corrected chi connectivity index (χ1v) is 8.32. The number of benzene rings is 1. The lowest BCUT2D eigenvalue weighted by Gasteiger charge is -2.22. The van der Waals surface area contributed by atoms with Gasteiger partial charge in [-0.05, 0) is 25.5 Å². The van der Waals surface area contributed by atoms with Crippen LogP contribution in [0.3, 0.4) is 0 Å². The number of pyridine rings is 1. The van der Waals surface area contributed by atoms with Crippen molar-refractivity contribution in [1.29, 1.82) is 0 Å². The summed E-state index contributed by atoms with van der Waals surface area (Å²) in [5.41, 5.74) is 1.12. The number of methoxy groups -OCH3 is 3. The minimum absolute atomic E-state index is 0.111. The lowest BCUT2D eigenvalue weighted by atomic mass is 10.1. The first-order valence-electron chi connectivity index (χ1n) is 8.32. The molecule has 25 heavy (non-hydrogen) atoms. The van der Waals surface area contributed by atoms with Crippen LogP contribution < -0.4 is 19.8 Å². The van der Waals surface area contributed by atoms with Crippen LogP contribution in [0, 0.1) is 0 Å². The monoisotopic (exact) mass is 348 g/mol. The van der Waals surface area contributed by atoms with Crippen molar-refractivity contribution in [3.05, 3.63) is 28.0 Å². The summed E-state index contributed by atoms with van der Waals surface area (Å²) in [6, 6.07) is 3.68. The van der Waals surface area contributed by atoms with E-state index < -0.39 is 0 Å². The molecular weight excluding hydrogens is 324 g/mol. The summed E-state index contributed by atoms with van der Waals surface area (Å²) in [6.07, 6.45) is 1.99. The van der Waals surface area contributed by atoms with E-state index in [1.165, 1.54) is 7.11 Å². The van der Waals surface area contributed by atoms with E-state index in [9.17, 15) is 9.90 Å². The van der Waals surface area contributed by atoms with E-state index in [0.29, 0.717) is 34.9 Å². The van der Waals surface area contributed by atoms with Crippen molar-refractivity contribution < 1.29 is 19.3 Å². The lowest BCUT2D eigenvalue weighted by Crippen LogP contribution is -2.33. The number of hydrogen-bond acceptors (Lipinski definition) is 6. The lowest BCUT2D eigenvalue weighted by molar-refractivity contribution is 0.153. The molecular formula is C18H24N2O5. The van der Waals surface area contributed by atoms with E-state index in [1.807, 2.05) is 6.07 Å². The summed E-state index contributed by atoms with van der Waals surface area (Å²) >= 11 is 0. The van der Waals surface area contributed by atoms with Gasteiger partial charge in [-0.1, -0.05) is 0 Å². The Hall–Kier alpha value is -2.25. The molecule has 0 unspecified atom stereocenters. The van der Waals surface area contributed by atoms with Gasteiger partial charge in [-0.2, -0.15) is 0 Å². The average Bonchev–Trinajstić information content (AvgIpc) is 3.07. The molecule has 1 atom stereocenters. The Morgan fingerprint density at radius 3 is 2.60 bits per heavy atom. The van der Waals surface area contributed by atoms with E-state index in [-0.39, 0.29) is 18.2 Å². The summed E-state index contributed by atoms with van der Waals surface area (Å²) in [6.45, 7) is 1.49. The van der Waals surface area contributed by atoms with Crippen molar-refractivity contribution >= 4 is 10.9 Å². The zero-order valence-electron chi connectivity index (χ0n) is 14.8. The molecule has 1 aliphatic rings. The smallest absolute Gasteiger partial charge is 0.252 e. The predicted molar refractivity (Wildman–Crippen MR) is 94.7 cm³/mol. The van der Waals surface area contributed by atoms with Gasteiger partial charge in [0.15, 0.2) is 11.5 Å². The van der Waals surface area contributed by atoms with Crippen LogP contribution in [0.15, 0.2) is 16.9 Å². The van der Waals surface area contributed by atoms with Crippen molar-refractivity contribution in [2.24, 2.45) is 0 Å². The number of aliphatic hydroxyl groups is 1. The molecule has 3 rings (SSSR count). The highest BCUT2D eigenvalue weighted by molar-refractivity contribution is 5.90. The summed E-state index contributed by atoms with van der Waals surface area (Å²) < 4.78 is 16.3. The number of rotatable bonds is 6. The molecule has 0 amide bonds. The Morgan fingerprint density at radius 1 is 1.20 bits per heavy atom. The average molecular weight is 348 g/mol. The van der Waals surface area contributed by atoms with Gasteiger partial charge >= 0.3 is 0 Å². The number of ether oxygens (including phenoxy) is 3. The first kappa shape index (κ1) is 17.6. The highest BCUT2D eigenvalue weighted by atomic mass is 16.5. The molecule has 0 bridgehead atoms. The highest BCUT2D eigenvalue weighted by Gasteiger charge is 2.25. The van der Waals surface area contributed by atoms with E-state index in [4.69, 9.17) is 14.2 Å². The Balaban J connectivity index is 2.09. The molecule has 2 N–H and O–H groups in total. The zero-order valence-corrected chi connectivity index (χ0v) is 14.8. The standard InChI is InChI=1S/C18H24N2O5/c1-23-15-8-14-13(16(24-2)17(15)25-3)7-11(18(22)19-14)9-20-6-4-5-12(20)10-21/h7-8,12,21H,4-6,9-10H2,1-3H3,(H,19,22)/t12-/m0/s1. The molecule has 7 nitrogen and oxygen atoms in total. The number of hydrogen-bond donors (Lipinski definition) is 2. The van der Waals surface area contributed by atoms with Crippen LogP contribution in [0.25, 0.3) is 10.9 Å².